The number of aromatic nitrogens is 6. The maximum atomic E-state index is 12.3. The third-order valence-electron chi connectivity index (χ3n) is 7.69. The summed E-state index contributed by atoms with van der Waals surface area (Å²) in [6.07, 6.45) is -0.224. The molecule has 4 aromatic rings. The van der Waals surface area contributed by atoms with E-state index in [0.717, 1.165) is 12.1 Å². The third-order valence-corrected chi connectivity index (χ3v) is 9.53. The number of hydrogen-bond acceptors (Lipinski definition) is 22. The first-order valence-electron chi connectivity index (χ1n) is 15.7. The van der Waals surface area contributed by atoms with Crippen molar-refractivity contribution in [2.24, 2.45) is 0 Å². The third kappa shape index (κ3) is 12.2. The molecule has 2 aromatic heterocycles. The Morgan fingerprint density at radius 2 is 0.944 bits per heavy atom. The number of nitrogens with one attached hydrogen (secondary N) is 4. The topological polar surface area (TPSA) is 317 Å². The molecule has 0 saturated carbocycles. The number of aryl methyl sites for hydroxylation is 2. The van der Waals surface area contributed by atoms with Crippen LogP contribution in [0.2, 0.25) is 0 Å². The van der Waals surface area contributed by atoms with E-state index in [-0.39, 0.29) is 130 Å². The Labute approximate surface area is 354 Å². The molecule has 0 amide bonds. The Morgan fingerprint density at radius 3 is 1.30 bits per heavy atom. The maximum Gasteiger partial charge on any atom is 1.00 e. The van der Waals surface area contributed by atoms with Crippen molar-refractivity contribution in [2.75, 3.05) is 85.6 Å². The van der Waals surface area contributed by atoms with Crippen molar-refractivity contribution in [3.05, 3.63) is 47.5 Å². The van der Waals surface area contributed by atoms with Gasteiger partial charge in [0.2, 0.25) is 35.7 Å². The molecule has 0 aliphatic carbocycles. The monoisotopic (exact) mass is 804 g/mol. The Hall–Kier alpha value is -3.08. The minimum Gasteiger partial charge on any atom is -0.744 e. The Balaban J connectivity index is 0.00000325. The molecule has 2 saturated heterocycles. The van der Waals surface area contributed by atoms with Gasteiger partial charge in [0.15, 0.2) is 0 Å². The van der Waals surface area contributed by atoms with Crippen LogP contribution in [0.5, 0.6) is 0 Å². The van der Waals surface area contributed by atoms with E-state index in [0.29, 0.717) is 52.6 Å². The fraction of sp³-hybridized carbons (Fsp3) is 0.357. The van der Waals surface area contributed by atoms with Gasteiger partial charge in [0.1, 0.15) is 20.2 Å². The first-order chi connectivity index (χ1) is 24.8. The maximum absolute atomic E-state index is 12.3. The largest absolute Gasteiger partial charge is 1.00 e. The number of nitrogens with zero attached hydrogens (tertiary/aromatic N) is 8. The number of hydrogen-bond donors (Lipinski definition) is 6. The van der Waals surface area contributed by atoms with Crippen LogP contribution in [0.4, 0.5) is 47.1 Å². The standard InChI is InChI=1S/C28H36N14O8S2.2Na/c29-23-33-25(37-27(35-23)39-41-7-11-49-12-8-41)31-19-5-3-17(21(15-19)51(43,44)45)1-2-18-4-6-20(16-22(18)52(46,47)48)32-26-34-24(30)36-28(38-26)40-42-9-13-50-14-10-42;;/h3-6,15-16H,1-2,7-14H2,(H,43,44,45)(H,46,47,48)(H4,29,31,33,35,37,39)(H4,30,32,34,36,38,40);;/q;2*+1/p-2. The second-order valence-electron chi connectivity index (χ2n) is 11.4. The summed E-state index contributed by atoms with van der Waals surface area (Å²) in [6, 6.07) is 7.96. The number of anilines is 8. The van der Waals surface area contributed by atoms with Crippen molar-refractivity contribution in [3.63, 3.8) is 0 Å². The molecule has 0 radical (unpaired) electrons. The van der Waals surface area contributed by atoms with Gasteiger partial charge >= 0.3 is 59.1 Å². The average molecular weight is 805 g/mol. The van der Waals surface area contributed by atoms with Crippen molar-refractivity contribution in [3.8, 4) is 0 Å². The number of ether oxygens (including phenoxy) is 2. The number of benzene rings is 2. The Bertz CT molecular complexity index is 1990. The molecule has 0 atom stereocenters. The van der Waals surface area contributed by atoms with Gasteiger partial charge in [0, 0.05) is 37.6 Å². The normalized spacial score (nSPS) is 15.4. The molecule has 2 aliphatic heterocycles. The molecular weight excluding hydrogens is 771 g/mol. The van der Waals surface area contributed by atoms with Gasteiger partial charge in [-0.1, -0.05) is 12.1 Å². The van der Waals surface area contributed by atoms with E-state index in [9.17, 15) is 25.9 Å². The zero-order valence-electron chi connectivity index (χ0n) is 29.4. The molecule has 2 aliphatic rings. The fourth-order valence-electron chi connectivity index (χ4n) is 5.30. The summed E-state index contributed by atoms with van der Waals surface area (Å²) in [5, 5.41) is 9.32. The van der Waals surface area contributed by atoms with Crippen LogP contribution in [-0.2, 0) is 42.6 Å². The van der Waals surface area contributed by atoms with Crippen molar-refractivity contribution in [1.82, 2.24) is 39.9 Å². The number of hydrazine groups is 2. The van der Waals surface area contributed by atoms with Crippen LogP contribution < -0.4 is 92.1 Å². The Kier molecular flexibility index (Phi) is 15.5. The number of nitrogens with two attached hydrogens (primary N) is 2. The minimum absolute atomic E-state index is 0. The molecule has 0 bridgehead atoms. The molecule has 54 heavy (non-hydrogen) atoms. The first kappa shape index (κ1) is 43.6. The van der Waals surface area contributed by atoms with E-state index in [1.807, 2.05) is 10.0 Å². The molecule has 278 valence electrons. The molecule has 2 fully saturated rings. The van der Waals surface area contributed by atoms with Crippen molar-refractivity contribution < 1.29 is 94.5 Å². The van der Waals surface area contributed by atoms with Crippen LogP contribution >= 0.6 is 0 Å². The van der Waals surface area contributed by atoms with Gasteiger partial charge in [0.05, 0.1) is 36.2 Å². The van der Waals surface area contributed by atoms with Crippen molar-refractivity contribution in [2.45, 2.75) is 22.6 Å². The van der Waals surface area contributed by atoms with Crippen molar-refractivity contribution in [1.29, 1.82) is 0 Å². The van der Waals surface area contributed by atoms with E-state index in [1.54, 1.807) is 0 Å². The van der Waals surface area contributed by atoms with E-state index in [4.69, 9.17) is 20.9 Å². The molecule has 4 heterocycles. The van der Waals surface area contributed by atoms with Gasteiger partial charge in [-0.25, -0.2) is 26.9 Å². The van der Waals surface area contributed by atoms with Gasteiger partial charge in [-0.3, -0.25) is 10.9 Å². The number of rotatable bonds is 13. The average Bonchev–Trinajstić information content (AvgIpc) is 3.07. The van der Waals surface area contributed by atoms with Crippen molar-refractivity contribution >= 4 is 67.3 Å². The zero-order valence-corrected chi connectivity index (χ0v) is 35.0. The fourth-order valence-corrected chi connectivity index (χ4v) is 6.83. The van der Waals surface area contributed by atoms with Crippen LogP contribution in [0.25, 0.3) is 0 Å². The summed E-state index contributed by atoms with van der Waals surface area (Å²) in [5.74, 6) is 0.00382. The van der Waals surface area contributed by atoms with Gasteiger partial charge < -0.3 is 40.7 Å². The summed E-state index contributed by atoms with van der Waals surface area (Å²) >= 11 is 0. The predicted octanol–water partition coefficient (Wildman–Crippen LogP) is -6.37. The van der Waals surface area contributed by atoms with E-state index in [1.165, 1.54) is 24.3 Å². The quantitative estimate of drug-likeness (QED) is 0.0541. The SMILES string of the molecule is Nc1nc(Nc2ccc(CCc3ccc(Nc4nc(N)nc(NN5CCOCC5)n4)cc3S(=O)(=O)[O-])c(S(=O)(=O)[O-])c2)nc(NN2CCOCC2)n1.[Na+].[Na+]. The van der Waals surface area contributed by atoms with Crippen LogP contribution in [0.15, 0.2) is 46.2 Å². The van der Waals surface area contributed by atoms with Gasteiger partial charge in [0.25, 0.3) is 0 Å². The molecule has 22 nitrogen and oxygen atoms in total. The number of morpholine rings is 2. The summed E-state index contributed by atoms with van der Waals surface area (Å²) < 4.78 is 84.7. The van der Waals surface area contributed by atoms with Crippen LogP contribution in [0.3, 0.4) is 0 Å². The van der Waals surface area contributed by atoms with Gasteiger partial charge in [-0.05, 0) is 48.2 Å². The van der Waals surface area contributed by atoms with E-state index < -0.39 is 30.0 Å². The zero-order chi connectivity index (χ0) is 36.9. The first-order valence-corrected chi connectivity index (χ1v) is 18.5. The van der Waals surface area contributed by atoms with Crippen LogP contribution in [0, 0.1) is 0 Å². The second kappa shape index (κ2) is 19.2. The smallest absolute Gasteiger partial charge is 0.744 e. The second-order valence-corrected chi connectivity index (χ2v) is 14.1. The molecule has 0 spiro atoms. The van der Waals surface area contributed by atoms with Crippen LogP contribution in [-0.4, -0.2) is 118 Å². The van der Waals surface area contributed by atoms with Crippen LogP contribution in [0.1, 0.15) is 11.1 Å². The predicted molar refractivity (Wildman–Crippen MR) is 183 cm³/mol. The summed E-state index contributed by atoms with van der Waals surface area (Å²) in [4.78, 5) is 23.6. The van der Waals surface area contributed by atoms with Gasteiger partial charge in [-0.2, -0.15) is 29.9 Å². The molecule has 0 unspecified atom stereocenters. The number of nitrogen functional groups attached to an aromatic ring is 2. The van der Waals surface area contributed by atoms with Gasteiger partial charge in [-0.15, -0.1) is 0 Å². The Morgan fingerprint density at radius 1 is 0.593 bits per heavy atom. The molecule has 8 N–H and O–H groups in total. The molecule has 26 heteroatoms. The summed E-state index contributed by atoms with van der Waals surface area (Å²) in [7, 11) is -10.0. The molecular formula is C28H34N14Na2O8S2. The van der Waals surface area contributed by atoms with E-state index >= 15 is 0 Å². The minimum atomic E-state index is -5.02. The summed E-state index contributed by atoms with van der Waals surface area (Å²) in [5.41, 5.74) is 18.2. The summed E-state index contributed by atoms with van der Waals surface area (Å²) in [6.45, 7) is 4.37. The van der Waals surface area contributed by atoms with E-state index in [2.05, 4.69) is 51.4 Å². The molecule has 2 aromatic carbocycles. The molecule has 6 rings (SSSR count).